The number of aromatic nitrogens is 2. The summed E-state index contributed by atoms with van der Waals surface area (Å²) in [7, 11) is 0. The second-order valence-corrected chi connectivity index (χ2v) is 14.0. The van der Waals surface area contributed by atoms with Crippen LogP contribution in [0.5, 0.6) is 0 Å². The Labute approximate surface area is 311 Å². The summed E-state index contributed by atoms with van der Waals surface area (Å²) < 4.78 is 17.9. The van der Waals surface area contributed by atoms with E-state index in [2.05, 4.69) is 74.6 Å². The van der Waals surface area contributed by atoms with Gasteiger partial charge in [-0.3, -0.25) is 0 Å². The molecule has 0 aliphatic carbocycles. The lowest BCUT2D eigenvalue weighted by atomic mass is 9.48. The van der Waals surface area contributed by atoms with Gasteiger partial charge in [0.15, 0.2) is 5.69 Å². The Balaban J connectivity index is 1.37. The van der Waals surface area contributed by atoms with Gasteiger partial charge >= 0.3 is 6.85 Å². The summed E-state index contributed by atoms with van der Waals surface area (Å²) in [6, 6.07) is 44.5. The molecule has 248 valence electrons. The Bertz CT molecular complexity index is 3700. The molecule has 12 rings (SSSR count). The van der Waals surface area contributed by atoms with E-state index in [4.69, 9.17) is 15.4 Å². The van der Waals surface area contributed by atoms with E-state index in [-0.39, 0.29) is 0 Å². The molecule has 1 aliphatic heterocycles. The van der Waals surface area contributed by atoms with Gasteiger partial charge in [0.2, 0.25) is 0 Å². The van der Waals surface area contributed by atoms with Crippen LogP contribution < -0.4 is 10.9 Å². The minimum absolute atomic E-state index is 0.302. The Morgan fingerprint density at radius 3 is 1.95 bits per heavy atom. The van der Waals surface area contributed by atoms with E-state index in [0.717, 1.165) is 82.3 Å². The fraction of sp³-hybridized carbons (Fsp3) is 0. The van der Waals surface area contributed by atoms with Gasteiger partial charge in [-0.2, -0.15) is 15.8 Å². The van der Waals surface area contributed by atoms with E-state index in [9.17, 15) is 15.8 Å². The minimum atomic E-state index is -0.550. The average Bonchev–Trinajstić information content (AvgIpc) is 3.98. The van der Waals surface area contributed by atoms with Gasteiger partial charge in [-0.1, -0.05) is 60.7 Å². The highest BCUT2D eigenvalue weighted by Crippen LogP contribution is 2.46. The fourth-order valence-electron chi connectivity index (χ4n) is 9.35. The highest BCUT2D eigenvalue weighted by Gasteiger charge is 2.39. The third-order valence-corrected chi connectivity index (χ3v) is 11.4. The van der Waals surface area contributed by atoms with E-state index < -0.39 is 6.85 Å². The first-order valence-corrected chi connectivity index (χ1v) is 17.7. The van der Waals surface area contributed by atoms with E-state index in [1.807, 2.05) is 48.5 Å². The van der Waals surface area contributed by atoms with Crippen molar-refractivity contribution in [2.45, 2.75) is 0 Å². The molecule has 7 aromatic carbocycles. The van der Waals surface area contributed by atoms with Crippen LogP contribution in [0.15, 0.2) is 124 Å². The van der Waals surface area contributed by atoms with Gasteiger partial charge in [0.05, 0.1) is 68.2 Å². The molecule has 9 heteroatoms. The third kappa shape index (κ3) is 3.52. The number of hydrogen-bond acceptors (Lipinski definition) is 5. The zero-order chi connectivity index (χ0) is 36.7. The van der Waals surface area contributed by atoms with Gasteiger partial charge in [-0.25, -0.2) is 4.85 Å². The highest BCUT2D eigenvalue weighted by atomic mass is 16.3. The second-order valence-electron chi connectivity index (χ2n) is 14.0. The number of rotatable bonds is 1. The maximum atomic E-state index is 10.7. The first-order chi connectivity index (χ1) is 27.1. The maximum absolute atomic E-state index is 10.7. The summed E-state index contributed by atoms with van der Waals surface area (Å²) in [5, 5.41) is 38.5. The molecule has 0 amide bonds. The fourth-order valence-corrected chi connectivity index (χ4v) is 9.35. The molecular weight excluding hydrogens is 679 g/mol. The van der Waals surface area contributed by atoms with Crippen molar-refractivity contribution < 1.29 is 8.83 Å². The second kappa shape index (κ2) is 10.2. The van der Waals surface area contributed by atoms with E-state index in [1.165, 1.54) is 0 Å². The third-order valence-electron chi connectivity index (χ3n) is 11.4. The van der Waals surface area contributed by atoms with Crippen molar-refractivity contribution in [3.8, 4) is 23.9 Å². The average molecular weight is 699 g/mol. The number of nitrogens with zero attached hydrogens (tertiary/aromatic N) is 6. The van der Waals surface area contributed by atoms with E-state index in [1.54, 1.807) is 24.3 Å². The lowest BCUT2D eigenvalue weighted by Gasteiger charge is -2.28. The number of benzene rings is 7. The molecule has 11 aromatic rings. The standard InChI is InChI=1S/C46H19BN6O2/c1-51-27-18-26(23-50)43-32(19-27)31-17-24(21-48)16-25(22-49)42(31)53(43)47-34-10-4-5-11-36(34)52-37-15-14-30-28-8-2-6-12-38(28)54-45(30)40(37)41-44(52)35(47)20-33-29-9-3-7-13-39(29)55-46(33)41/h2-20H. The van der Waals surface area contributed by atoms with Crippen molar-refractivity contribution in [1.29, 1.82) is 15.8 Å². The van der Waals surface area contributed by atoms with Crippen LogP contribution >= 0.6 is 0 Å². The molecule has 0 atom stereocenters. The van der Waals surface area contributed by atoms with Gasteiger partial charge in [-0.15, -0.1) is 0 Å². The zero-order valence-corrected chi connectivity index (χ0v) is 28.5. The van der Waals surface area contributed by atoms with Crippen molar-refractivity contribution in [3.05, 3.63) is 143 Å². The molecule has 0 saturated heterocycles. The number of nitriles is 3. The number of furan rings is 2. The number of hydrogen-bond donors (Lipinski definition) is 0. The van der Waals surface area contributed by atoms with Gasteiger partial charge in [0.25, 0.3) is 0 Å². The largest absolute Gasteiger partial charge is 0.455 e. The molecular formula is C46H19BN6O2. The molecule has 0 N–H and O–H groups in total. The molecule has 5 heterocycles. The van der Waals surface area contributed by atoms with Crippen molar-refractivity contribution in [2.24, 2.45) is 0 Å². The number of para-hydroxylation sites is 3. The van der Waals surface area contributed by atoms with Crippen LogP contribution in [-0.4, -0.2) is 15.9 Å². The van der Waals surface area contributed by atoms with Crippen molar-refractivity contribution in [3.63, 3.8) is 0 Å². The predicted molar refractivity (Wildman–Crippen MR) is 216 cm³/mol. The molecule has 0 bridgehead atoms. The summed E-state index contributed by atoms with van der Waals surface area (Å²) in [6.07, 6.45) is 0. The van der Waals surface area contributed by atoms with Crippen LogP contribution in [0.4, 0.5) is 5.69 Å². The lowest BCUT2D eigenvalue weighted by Crippen LogP contribution is -2.53. The summed E-state index contributed by atoms with van der Waals surface area (Å²) in [5.41, 5.74) is 10.2. The summed E-state index contributed by atoms with van der Waals surface area (Å²) in [4.78, 5) is 3.70. The Morgan fingerprint density at radius 1 is 0.564 bits per heavy atom. The van der Waals surface area contributed by atoms with Crippen LogP contribution in [0.2, 0.25) is 0 Å². The smallest absolute Gasteiger partial charge is 0.332 e. The van der Waals surface area contributed by atoms with E-state index in [0.29, 0.717) is 44.2 Å². The quantitative estimate of drug-likeness (QED) is 0.125. The van der Waals surface area contributed by atoms with Crippen LogP contribution in [0.3, 0.4) is 0 Å². The van der Waals surface area contributed by atoms with Crippen molar-refractivity contribution >= 4 is 111 Å². The summed E-state index contributed by atoms with van der Waals surface area (Å²) in [6.45, 7) is 7.32. The monoisotopic (exact) mass is 698 g/mol. The molecule has 4 aromatic heterocycles. The maximum Gasteiger partial charge on any atom is 0.332 e. The molecule has 0 saturated carbocycles. The highest BCUT2D eigenvalue weighted by molar-refractivity contribution is 6.88. The first-order valence-electron chi connectivity index (χ1n) is 17.7. The summed E-state index contributed by atoms with van der Waals surface area (Å²) >= 11 is 0. The SMILES string of the molecule is [C-]#[N+]c1cc(C#N)c2c(c1)c1cc(C#N)cc(C#N)c1n2B1c2ccccc2-n2c3ccc4c5ccccc5oc4c3c3c4oc5ccccc5c4cc1c32. The van der Waals surface area contributed by atoms with E-state index >= 15 is 0 Å². The first kappa shape index (κ1) is 29.4. The van der Waals surface area contributed by atoms with Crippen LogP contribution in [0, 0.1) is 40.6 Å². The van der Waals surface area contributed by atoms with Crippen LogP contribution in [-0.2, 0) is 0 Å². The zero-order valence-electron chi connectivity index (χ0n) is 28.5. The number of fused-ring (bicyclic) bond motifs is 16. The Hall–Kier alpha value is -8.24. The van der Waals surface area contributed by atoms with Gasteiger partial charge < -0.3 is 17.9 Å². The molecule has 0 fully saturated rings. The molecule has 1 aliphatic rings. The van der Waals surface area contributed by atoms with Crippen LogP contribution in [0.1, 0.15) is 16.7 Å². The lowest BCUT2D eigenvalue weighted by molar-refractivity contribution is 0.670. The van der Waals surface area contributed by atoms with Crippen LogP contribution in [0.25, 0.3) is 98.0 Å². The van der Waals surface area contributed by atoms with Crippen molar-refractivity contribution in [2.75, 3.05) is 0 Å². The molecule has 55 heavy (non-hydrogen) atoms. The Kier molecular flexibility index (Phi) is 5.45. The molecule has 8 nitrogen and oxygen atoms in total. The topological polar surface area (TPSA) is 112 Å². The molecule has 0 unspecified atom stereocenters. The molecule has 0 radical (unpaired) electrons. The van der Waals surface area contributed by atoms with Gasteiger partial charge in [0, 0.05) is 32.6 Å². The molecule has 0 spiro atoms. The normalized spacial score (nSPS) is 12.3. The minimum Gasteiger partial charge on any atom is -0.455 e. The van der Waals surface area contributed by atoms with Gasteiger partial charge in [-0.05, 0) is 70.9 Å². The van der Waals surface area contributed by atoms with Gasteiger partial charge in [0.1, 0.15) is 28.4 Å². The van der Waals surface area contributed by atoms with Crippen molar-refractivity contribution in [1.82, 2.24) is 9.05 Å². The predicted octanol–water partition coefficient (Wildman–Crippen LogP) is 9.82. The summed E-state index contributed by atoms with van der Waals surface area (Å²) in [5.74, 6) is 0. The Morgan fingerprint density at radius 2 is 1.22 bits per heavy atom.